The highest BCUT2D eigenvalue weighted by Gasteiger charge is 2.43. The Balaban J connectivity index is 1.38. The minimum atomic E-state index is -0.702. The van der Waals surface area contributed by atoms with Crippen LogP contribution in [0.15, 0.2) is 47.5 Å². The maximum absolute atomic E-state index is 13.3. The van der Waals surface area contributed by atoms with Crippen molar-refractivity contribution >= 4 is 11.9 Å². The van der Waals surface area contributed by atoms with Crippen molar-refractivity contribution in [3.05, 3.63) is 64.7 Å². The molecule has 3 aliphatic rings. The van der Waals surface area contributed by atoms with Gasteiger partial charge < -0.3 is 20.9 Å². The van der Waals surface area contributed by atoms with Crippen LogP contribution in [0.3, 0.4) is 0 Å². The average molecular weight is 491 g/mol. The largest absolute Gasteiger partial charge is 0.485 e. The number of aliphatic hydroxyl groups is 1. The van der Waals surface area contributed by atoms with Gasteiger partial charge >= 0.3 is 0 Å². The lowest BCUT2D eigenvalue weighted by atomic mass is 9.86. The molecule has 0 unspecified atom stereocenters. The highest BCUT2D eigenvalue weighted by atomic mass is 16.5. The highest BCUT2D eigenvalue weighted by molar-refractivity contribution is 5.99. The van der Waals surface area contributed by atoms with E-state index < -0.39 is 11.7 Å². The third kappa shape index (κ3) is 4.18. The summed E-state index contributed by atoms with van der Waals surface area (Å²) in [6.07, 6.45) is 3.08. The molecule has 0 bridgehead atoms. The van der Waals surface area contributed by atoms with E-state index in [0.29, 0.717) is 18.9 Å². The molecule has 0 saturated heterocycles. The Kier molecular flexibility index (Phi) is 6.33. The first kappa shape index (κ1) is 24.8. The van der Waals surface area contributed by atoms with Crippen molar-refractivity contribution in [2.24, 2.45) is 10.7 Å². The lowest BCUT2D eigenvalue weighted by Gasteiger charge is -2.42. The van der Waals surface area contributed by atoms with Crippen LogP contribution in [0.1, 0.15) is 87.7 Å². The molecule has 0 saturated carbocycles. The summed E-state index contributed by atoms with van der Waals surface area (Å²) >= 11 is 0. The first-order valence-electron chi connectivity index (χ1n) is 13.2. The molecule has 0 aromatic heterocycles. The molecule has 2 heterocycles. The van der Waals surface area contributed by atoms with Gasteiger partial charge in [0.05, 0.1) is 24.0 Å². The molecule has 7 heteroatoms. The number of carbonyl (C=O) groups is 1. The van der Waals surface area contributed by atoms with Crippen molar-refractivity contribution in [3.63, 3.8) is 0 Å². The Labute approximate surface area is 213 Å². The van der Waals surface area contributed by atoms with Crippen molar-refractivity contribution < 1.29 is 14.6 Å². The molecule has 192 valence electrons. The van der Waals surface area contributed by atoms with Gasteiger partial charge in [0.2, 0.25) is 5.91 Å². The smallest absolute Gasteiger partial charge is 0.232 e. The van der Waals surface area contributed by atoms with Crippen LogP contribution < -0.4 is 15.8 Å². The molecule has 1 aliphatic carbocycles. The third-order valence-electron chi connectivity index (χ3n) is 8.41. The van der Waals surface area contributed by atoms with E-state index in [2.05, 4.69) is 37.4 Å². The zero-order valence-corrected chi connectivity index (χ0v) is 21.8. The summed E-state index contributed by atoms with van der Waals surface area (Å²) in [6, 6.07) is 14.0. The van der Waals surface area contributed by atoms with E-state index in [1.807, 2.05) is 38.1 Å². The van der Waals surface area contributed by atoms with E-state index in [4.69, 9.17) is 15.5 Å². The number of guanidine groups is 1. The molecule has 0 spiro atoms. The van der Waals surface area contributed by atoms with Crippen molar-refractivity contribution in [1.29, 1.82) is 0 Å². The van der Waals surface area contributed by atoms with Crippen LogP contribution >= 0.6 is 0 Å². The van der Waals surface area contributed by atoms with Crippen LogP contribution in [-0.2, 0) is 17.8 Å². The normalized spacial score (nSPS) is 26.1. The van der Waals surface area contributed by atoms with Gasteiger partial charge in [-0.2, -0.15) is 0 Å². The van der Waals surface area contributed by atoms with Crippen molar-refractivity contribution in [2.45, 2.75) is 95.7 Å². The van der Waals surface area contributed by atoms with Crippen LogP contribution in [0, 0.1) is 0 Å². The standard InChI is InChI=1S/C29H38N4O3/c1-5-29(6-2)16-24(34)33(27(30)32-29)22-14-13-19-12-11-18(15-21(19)22)17-31-25-20-9-7-8-10-23(20)36-28(3,4)26(25)35/h7-12,15,22,25-26,31,35H,5-6,13-14,16-17H2,1-4H3,(H2,30,32)/t22-,25-,26+/m1/s1. The fourth-order valence-electron chi connectivity index (χ4n) is 6.03. The SMILES string of the molecule is CCC1(CC)CC(=O)N([C@@H]2CCc3ccc(CN[C@@H]4c5ccccc5OC(C)(C)[C@H]4O)cc32)C(N)=N1. The highest BCUT2D eigenvalue weighted by Crippen LogP contribution is 2.41. The summed E-state index contributed by atoms with van der Waals surface area (Å²) in [5.41, 5.74) is 9.80. The molecule has 2 aliphatic heterocycles. The minimum absolute atomic E-state index is 0.0664. The first-order chi connectivity index (χ1) is 17.2. The monoisotopic (exact) mass is 490 g/mol. The molecule has 0 fully saturated rings. The van der Waals surface area contributed by atoms with Crippen LogP contribution in [-0.4, -0.2) is 39.1 Å². The Morgan fingerprint density at radius 2 is 1.92 bits per heavy atom. The maximum atomic E-state index is 13.3. The summed E-state index contributed by atoms with van der Waals surface area (Å²) < 4.78 is 6.06. The van der Waals surface area contributed by atoms with Crippen LogP contribution in [0.2, 0.25) is 0 Å². The second-order valence-corrected chi connectivity index (χ2v) is 11.0. The zero-order valence-electron chi connectivity index (χ0n) is 21.8. The van der Waals surface area contributed by atoms with Gasteiger partial charge in [-0.3, -0.25) is 9.69 Å². The molecule has 3 atom stereocenters. The van der Waals surface area contributed by atoms with Gasteiger partial charge in [-0.25, -0.2) is 4.99 Å². The lowest BCUT2D eigenvalue weighted by molar-refractivity contribution is -0.131. The Morgan fingerprint density at radius 3 is 2.64 bits per heavy atom. The van der Waals surface area contributed by atoms with Crippen LogP contribution in [0.4, 0.5) is 0 Å². The van der Waals surface area contributed by atoms with Crippen molar-refractivity contribution in [1.82, 2.24) is 10.2 Å². The van der Waals surface area contributed by atoms with E-state index in [1.54, 1.807) is 4.90 Å². The van der Waals surface area contributed by atoms with E-state index in [-0.39, 0.29) is 23.5 Å². The maximum Gasteiger partial charge on any atom is 0.232 e. The third-order valence-corrected chi connectivity index (χ3v) is 8.41. The molecule has 1 amide bonds. The van der Waals surface area contributed by atoms with E-state index in [9.17, 15) is 9.90 Å². The molecule has 2 aromatic carbocycles. The number of fused-ring (bicyclic) bond motifs is 2. The summed E-state index contributed by atoms with van der Waals surface area (Å²) in [6.45, 7) is 8.55. The Bertz CT molecular complexity index is 1190. The predicted octanol–water partition coefficient (Wildman–Crippen LogP) is 4.14. The molecular weight excluding hydrogens is 452 g/mol. The lowest BCUT2D eigenvalue weighted by Crippen LogP contribution is -2.52. The summed E-state index contributed by atoms with van der Waals surface area (Å²) in [7, 11) is 0. The summed E-state index contributed by atoms with van der Waals surface area (Å²) in [4.78, 5) is 19.8. The number of benzene rings is 2. The topological polar surface area (TPSA) is 100 Å². The molecule has 36 heavy (non-hydrogen) atoms. The molecule has 0 radical (unpaired) electrons. The number of rotatable bonds is 6. The van der Waals surface area contributed by atoms with E-state index in [0.717, 1.165) is 48.1 Å². The van der Waals surface area contributed by atoms with E-state index in [1.165, 1.54) is 5.56 Å². The van der Waals surface area contributed by atoms with Crippen LogP contribution in [0.5, 0.6) is 5.75 Å². The number of aryl methyl sites for hydroxylation is 1. The number of hydrogen-bond donors (Lipinski definition) is 3. The number of ether oxygens (including phenoxy) is 1. The van der Waals surface area contributed by atoms with Gasteiger partial charge in [0.15, 0.2) is 5.96 Å². The number of aliphatic imine (C=N–C) groups is 1. The second kappa shape index (κ2) is 9.20. The van der Waals surface area contributed by atoms with Gasteiger partial charge in [-0.15, -0.1) is 0 Å². The average Bonchev–Trinajstić information content (AvgIpc) is 3.26. The van der Waals surface area contributed by atoms with Crippen molar-refractivity contribution in [2.75, 3.05) is 0 Å². The van der Waals surface area contributed by atoms with E-state index >= 15 is 0 Å². The van der Waals surface area contributed by atoms with Gasteiger partial charge in [0.25, 0.3) is 0 Å². The number of carbonyl (C=O) groups excluding carboxylic acids is 1. The first-order valence-corrected chi connectivity index (χ1v) is 13.2. The summed E-state index contributed by atoms with van der Waals surface area (Å²) in [5.74, 6) is 1.21. The van der Waals surface area contributed by atoms with Gasteiger partial charge in [0, 0.05) is 12.1 Å². The van der Waals surface area contributed by atoms with Crippen molar-refractivity contribution in [3.8, 4) is 5.75 Å². The molecule has 7 nitrogen and oxygen atoms in total. The zero-order chi connectivity index (χ0) is 25.7. The molecule has 2 aromatic rings. The number of nitrogens with zero attached hydrogens (tertiary/aromatic N) is 2. The van der Waals surface area contributed by atoms with Crippen LogP contribution in [0.25, 0.3) is 0 Å². The number of amides is 1. The Morgan fingerprint density at radius 1 is 1.17 bits per heavy atom. The van der Waals surface area contributed by atoms with Gasteiger partial charge in [0.1, 0.15) is 17.5 Å². The molecular formula is C29H38N4O3. The number of hydrogen-bond acceptors (Lipinski definition) is 6. The Hall–Kier alpha value is -2.90. The predicted molar refractivity (Wildman–Crippen MR) is 141 cm³/mol. The number of nitrogens with two attached hydrogens (primary N) is 1. The fourth-order valence-corrected chi connectivity index (χ4v) is 6.03. The molecule has 5 rings (SSSR count). The second-order valence-electron chi connectivity index (χ2n) is 11.0. The molecule has 4 N–H and O–H groups in total. The summed E-state index contributed by atoms with van der Waals surface area (Å²) in [5, 5.41) is 14.6. The fraction of sp³-hybridized carbons (Fsp3) is 0.517. The minimum Gasteiger partial charge on any atom is -0.485 e. The number of para-hydroxylation sites is 1. The quantitative estimate of drug-likeness (QED) is 0.565. The number of aliphatic hydroxyl groups excluding tert-OH is 1. The van der Waals surface area contributed by atoms with Gasteiger partial charge in [-0.1, -0.05) is 50.2 Å². The van der Waals surface area contributed by atoms with Gasteiger partial charge in [-0.05, 0) is 62.3 Å². The number of nitrogens with one attached hydrogen (secondary N) is 1.